The first kappa shape index (κ1) is 25.1. The van der Waals surface area contributed by atoms with Gasteiger partial charge in [-0.05, 0) is 80.8 Å². The van der Waals surface area contributed by atoms with Crippen molar-refractivity contribution >= 4 is 23.3 Å². The lowest BCUT2D eigenvalue weighted by molar-refractivity contribution is -0.208. The first-order valence-electron chi connectivity index (χ1n) is 11.4. The summed E-state index contributed by atoms with van der Waals surface area (Å²) in [5.74, 6) is 0.0962. The van der Waals surface area contributed by atoms with Crippen LogP contribution in [0.4, 0.5) is 4.79 Å². The van der Waals surface area contributed by atoms with Gasteiger partial charge in [0.15, 0.2) is 5.75 Å². The molecule has 3 rings (SSSR count). The summed E-state index contributed by atoms with van der Waals surface area (Å²) in [5.41, 5.74) is 3.57. The van der Waals surface area contributed by atoms with E-state index < -0.39 is 5.60 Å². The van der Waals surface area contributed by atoms with Crippen molar-refractivity contribution < 1.29 is 24.5 Å². The lowest BCUT2D eigenvalue weighted by Gasteiger charge is -2.29. The van der Waals surface area contributed by atoms with Gasteiger partial charge < -0.3 is 19.8 Å². The number of hydrogen-bond donors (Lipinski definition) is 1. The summed E-state index contributed by atoms with van der Waals surface area (Å²) in [5, 5.41) is 13.8. The average Bonchev–Trinajstić information content (AvgIpc) is 3.21. The molecular formula is C25H32N2O5S. The number of aryl methyl sites for hydroxylation is 2. The van der Waals surface area contributed by atoms with Gasteiger partial charge in [0.1, 0.15) is 5.60 Å². The van der Waals surface area contributed by atoms with E-state index >= 15 is 0 Å². The maximum absolute atomic E-state index is 12.8. The molecule has 0 unspecified atom stereocenters. The molecule has 0 saturated heterocycles. The van der Waals surface area contributed by atoms with Crippen molar-refractivity contribution in [2.75, 3.05) is 13.1 Å². The Balaban J connectivity index is 1.62. The van der Waals surface area contributed by atoms with Gasteiger partial charge in [0.2, 0.25) is 0 Å². The molecule has 178 valence electrons. The zero-order valence-electron chi connectivity index (χ0n) is 20.0. The second-order valence-electron chi connectivity index (χ2n) is 9.12. The van der Waals surface area contributed by atoms with Gasteiger partial charge >= 0.3 is 6.09 Å². The van der Waals surface area contributed by atoms with Crippen molar-refractivity contribution in [1.29, 1.82) is 0 Å². The number of nitrogens with zero attached hydrogens (tertiary/aromatic N) is 1. The summed E-state index contributed by atoms with van der Waals surface area (Å²) in [6, 6.07) is 6.64. The van der Waals surface area contributed by atoms with Crippen molar-refractivity contribution in [3.63, 3.8) is 0 Å². The molecule has 33 heavy (non-hydrogen) atoms. The second-order valence-corrected chi connectivity index (χ2v) is 10.3. The summed E-state index contributed by atoms with van der Waals surface area (Å²) in [6.45, 7) is 11.1. The Kier molecular flexibility index (Phi) is 8.02. The number of carbonyl (C=O) groups is 2. The third kappa shape index (κ3) is 6.26. The van der Waals surface area contributed by atoms with Gasteiger partial charge in [0.25, 0.3) is 5.91 Å². The normalized spacial score (nSPS) is 13.5. The summed E-state index contributed by atoms with van der Waals surface area (Å²) in [7, 11) is 0. The molecule has 1 aromatic heterocycles. The van der Waals surface area contributed by atoms with Crippen LogP contribution >= 0.6 is 11.3 Å². The quantitative estimate of drug-likeness (QED) is 0.469. The Morgan fingerprint density at radius 2 is 1.97 bits per heavy atom. The van der Waals surface area contributed by atoms with E-state index in [4.69, 9.17) is 4.74 Å². The molecule has 0 fully saturated rings. The van der Waals surface area contributed by atoms with Gasteiger partial charge in [-0.3, -0.25) is 4.79 Å². The molecule has 0 atom stereocenters. The first-order valence-corrected chi connectivity index (χ1v) is 12.2. The predicted octanol–water partition coefficient (Wildman–Crippen LogP) is 4.66. The number of benzene rings is 1. The summed E-state index contributed by atoms with van der Waals surface area (Å²) < 4.78 is 5.48. The Morgan fingerprint density at radius 1 is 1.21 bits per heavy atom. The van der Waals surface area contributed by atoms with Crippen LogP contribution in [0, 0.1) is 6.07 Å². The maximum atomic E-state index is 12.8. The molecule has 2 amide bonds. The standard InChI is InChI=1S/C25H32N2O5S/c1-6-16-12-19(32-30)13-17(7-2)20(16)8-10-26-23(28)22-14-18-15-27(11-9-21(18)33-22)24(29)31-25(3,4)5/h12,14H,6-11,15H2,1-5H3,(H,26,28). The first-order chi connectivity index (χ1) is 15.6. The van der Waals surface area contributed by atoms with Crippen LogP contribution in [0.5, 0.6) is 5.75 Å². The van der Waals surface area contributed by atoms with Gasteiger partial charge in [-0.15, -0.1) is 11.3 Å². The molecule has 8 heteroatoms. The fourth-order valence-corrected chi connectivity index (χ4v) is 5.07. The highest BCUT2D eigenvalue weighted by Crippen LogP contribution is 2.29. The molecule has 2 heterocycles. The highest BCUT2D eigenvalue weighted by Gasteiger charge is 2.27. The van der Waals surface area contributed by atoms with Crippen molar-refractivity contribution in [3.05, 3.63) is 50.2 Å². The fraction of sp³-hybridized carbons (Fsp3) is 0.520. The van der Waals surface area contributed by atoms with Crippen LogP contribution < -0.4 is 10.2 Å². The lowest BCUT2D eigenvalue weighted by Crippen LogP contribution is -2.39. The van der Waals surface area contributed by atoms with Crippen LogP contribution in [0.1, 0.15) is 71.4 Å². The van der Waals surface area contributed by atoms with Crippen molar-refractivity contribution in [1.82, 2.24) is 10.2 Å². The second kappa shape index (κ2) is 10.6. The van der Waals surface area contributed by atoms with Crippen LogP contribution in [-0.4, -0.2) is 35.6 Å². The molecule has 1 aliphatic rings. The van der Waals surface area contributed by atoms with E-state index in [1.54, 1.807) is 11.0 Å². The van der Waals surface area contributed by atoms with Crippen molar-refractivity contribution in [3.8, 4) is 5.75 Å². The molecule has 0 spiro atoms. The minimum Gasteiger partial charge on any atom is -0.444 e. The zero-order valence-corrected chi connectivity index (χ0v) is 20.8. The number of rotatable bonds is 7. The smallest absolute Gasteiger partial charge is 0.410 e. The van der Waals surface area contributed by atoms with Crippen molar-refractivity contribution in [2.45, 2.75) is 72.4 Å². The van der Waals surface area contributed by atoms with Gasteiger partial charge in [-0.1, -0.05) is 13.8 Å². The van der Waals surface area contributed by atoms with Crippen LogP contribution in [0.25, 0.3) is 0 Å². The Morgan fingerprint density at radius 3 is 2.61 bits per heavy atom. The number of fused-ring (bicyclic) bond motifs is 1. The maximum Gasteiger partial charge on any atom is 0.410 e. The monoisotopic (exact) mass is 472 g/mol. The lowest BCUT2D eigenvalue weighted by atomic mass is 9.94. The summed E-state index contributed by atoms with van der Waals surface area (Å²) in [6.07, 6.45) is 2.56. The van der Waals surface area contributed by atoms with E-state index in [1.807, 2.05) is 40.7 Å². The molecule has 7 nitrogen and oxygen atoms in total. The van der Waals surface area contributed by atoms with E-state index in [-0.39, 0.29) is 17.7 Å². The average molecular weight is 473 g/mol. The fourth-order valence-electron chi connectivity index (χ4n) is 3.99. The van der Waals surface area contributed by atoms with Gasteiger partial charge in [0.05, 0.1) is 11.4 Å². The molecule has 2 radical (unpaired) electrons. The minimum atomic E-state index is -0.535. The molecular weight excluding hydrogens is 440 g/mol. The molecule has 0 saturated carbocycles. The van der Waals surface area contributed by atoms with Crippen LogP contribution in [-0.2, 0) is 42.2 Å². The number of hydrogen-bond acceptors (Lipinski definition) is 5. The Bertz CT molecular complexity index is 984. The number of thiophene rings is 1. The number of amides is 2. The molecule has 1 aliphatic heterocycles. The SMILES string of the molecule is CCc1[c]c(O[O])cc(CC)c1CCNC(=O)c1cc2c(s1)CCN(C(=O)OC(C)(C)C)C2. The van der Waals surface area contributed by atoms with Crippen LogP contribution in [0.2, 0.25) is 0 Å². The van der Waals surface area contributed by atoms with Gasteiger partial charge in [-0.2, -0.15) is 0 Å². The highest BCUT2D eigenvalue weighted by molar-refractivity contribution is 7.14. The van der Waals surface area contributed by atoms with E-state index in [0.717, 1.165) is 46.4 Å². The molecule has 0 bridgehead atoms. The predicted molar refractivity (Wildman–Crippen MR) is 126 cm³/mol. The Labute approximate surface area is 199 Å². The molecule has 1 aromatic carbocycles. The number of nitrogens with one attached hydrogen (secondary N) is 1. The topological polar surface area (TPSA) is 87.8 Å². The van der Waals surface area contributed by atoms with E-state index in [2.05, 4.69) is 16.3 Å². The largest absolute Gasteiger partial charge is 0.444 e. The molecule has 0 aliphatic carbocycles. The highest BCUT2D eigenvalue weighted by atomic mass is 32.1. The third-order valence-corrected chi connectivity index (χ3v) is 6.79. The Hall–Kier alpha value is -2.58. The van der Waals surface area contributed by atoms with Crippen molar-refractivity contribution in [2.24, 2.45) is 0 Å². The number of carbonyl (C=O) groups excluding carboxylic acids is 2. The van der Waals surface area contributed by atoms with Crippen LogP contribution in [0.3, 0.4) is 0 Å². The zero-order chi connectivity index (χ0) is 24.2. The van der Waals surface area contributed by atoms with E-state index in [9.17, 15) is 14.8 Å². The van der Waals surface area contributed by atoms with E-state index in [1.165, 1.54) is 11.3 Å². The summed E-state index contributed by atoms with van der Waals surface area (Å²) >= 11 is 1.49. The molecule has 1 N–H and O–H groups in total. The van der Waals surface area contributed by atoms with Gasteiger partial charge in [-0.25, -0.2) is 4.79 Å². The third-order valence-electron chi connectivity index (χ3n) is 5.56. The van der Waals surface area contributed by atoms with Crippen LogP contribution in [0.15, 0.2) is 12.1 Å². The molecule has 2 aromatic rings. The van der Waals surface area contributed by atoms with Gasteiger partial charge in [0, 0.05) is 29.3 Å². The summed E-state index contributed by atoms with van der Waals surface area (Å²) in [4.78, 5) is 32.8. The minimum absolute atomic E-state index is 0.113. The van der Waals surface area contributed by atoms with E-state index in [0.29, 0.717) is 30.9 Å². The number of ether oxygens (including phenoxy) is 1.